The molecule has 1 saturated carbocycles. The Labute approximate surface area is 162 Å². The Balaban J connectivity index is 1.51. The van der Waals surface area contributed by atoms with Gasteiger partial charge in [-0.05, 0) is 60.1 Å². The first-order valence-electron chi connectivity index (χ1n) is 9.79. The minimum atomic E-state index is -0.410. The van der Waals surface area contributed by atoms with Gasteiger partial charge in [0.15, 0.2) is 0 Å². The minimum Gasteiger partial charge on any atom is -0.492 e. The summed E-state index contributed by atoms with van der Waals surface area (Å²) < 4.78 is 5.94. The number of nitrogens with two attached hydrogens (primary N) is 1. The summed E-state index contributed by atoms with van der Waals surface area (Å²) in [5.74, 6) is 0.449. The standard InChI is InChI=1S/C23H30N2O2/c1-23(2)12-4-6-20(16-23)25-13-14-27-21-7-3-5-19(15-21)17-8-10-18(11-9-17)22(24)26/h3,5,7-11,15,20,25H,4,6,12-14,16H2,1-2H3,(H2,24,26). The average Bonchev–Trinajstić information content (AvgIpc) is 2.65. The van der Waals surface area contributed by atoms with Crippen molar-refractivity contribution in [3.63, 3.8) is 0 Å². The molecule has 4 nitrogen and oxygen atoms in total. The topological polar surface area (TPSA) is 64.3 Å². The molecule has 0 radical (unpaired) electrons. The first-order chi connectivity index (χ1) is 12.9. The van der Waals surface area contributed by atoms with Crippen LogP contribution < -0.4 is 15.8 Å². The van der Waals surface area contributed by atoms with Crippen LogP contribution in [0.2, 0.25) is 0 Å². The zero-order valence-corrected chi connectivity index (χ0v) is 16.3. The molecule has 4 heteroatoms. The third-order valence-electron chi connectivity index (χ3n) is 5.35. The van der Waals surface area contributed by atoms with Crippen LogP contribution in [0.25, 0.3) is 11.1 Å². The van der Waals surface area contributed by atoms with Gasteiger partial charge in [0.1, 0.15) is 12.4 Å². The Kier molecular flexibility index (Phi) is 6.17. The van der Waals surface area contributed by atoms with Crippen molar-refractivity contribution >= 4 is 5.91 Å². The van der Waals surface area contributed by atoms with Crippen molar-refractivity contribution in [3.05, 3.63) is 54.1 Å². The van der Waals surface area contributed by atoms with E-state index >= 15 is 0 Å². The highest BCUT2D eigenvalue weighted by atomic mass is 16.5. The molecule has 1 fully saturated rings. The van der Waals surface area contributed by atoms with Crippen LogP contribution in [-0.4, -0.2) is 25.1 Å². The highest BCUT2D eigenvalue weighted by Crippen LogP contribution is 2.35. The summed E-state index contributed by atoms with van der Waals surface area (Å²) in [5.41, 5.74) is 8.36. The number of benzene rings is 2. The zero-order chi connectivity index (χ0) is 19.3. The van der Waals surface area contributed by atoms with Crippen LogP contribution in [0.15, 0.2) is 48.5 Å². The Morgan fingerprint density at radius 2 is 1.96 bits per heavy atom. The molecule has 0 bridgehead atoms. The summed E-state index contributed by atoms with van der Waals surface area (Å²) in [6.45, 7) is 6.23. The first kappa shape index (κ1) is 19.4. The van der Waals surface area contributed by atoms with Gasteiger partial charge in [-0.3, -0.25) is 4.79 Å². The molecule has 2 aromatic rings. The molecule has 0 spiro atoms. The van der Waals surface area contributed by atoms with Crippen molar-refractivity contribution in [2.24, 2.45) is 11.1 Å². The van der Waals surface area contributed by atoms with Crippen LogP contribution >= 0.6 is 0 Å². The second-order valence-electron chi connectivity index (χ2n) is 8.23. The largest absolute Gasteiger partial charge is 0.492 e. The molecule has 1 aliphatic rings. The average molecular weight is 367 g/mol. The fourth-order valence-electron chi connectivity index (χ4n) is 3.90. The number of rotatable bonds is 7. The minimum absolute atomic E-state index is 0.410. The highest BCUT2D eigenvalue weighted by Gasteiger charge is 2.27. The number of ether oxygens (including phenoxy) is 1. The number of hydrogen-bond donors (Lipinski definition) is 2. The Morgan fingerprint density at radius 1 is 1.19 bits per heavy atom. The van der Waals surface area contributed by atoms with Gasteiger partial charge in [0, 0.05) is 18.2 Å². The van der Waals surface area contributed by atoms with Gasteiger partial charge in [-0.1, -0.05) is 44.5 Å². The maximum Gasteiger partial charge on any atom is 0.248 e. The van der Waals surface area contributed by atoms with E-state index in [0.29, 0.717) is 23.6 Å². The molecular formula is C23H30N2O2. The molecule has 144 valence electrons. The van der Waals surface area contributed by atoms with Gasteiger partial charge in [0.05, 0.1) is 0 Å². The second-order valence-corrected chi connectivity index (χ2v) is 8.23. The lowest BCUT2D eigenvalue weighted by molar-refractivity contribution is 0.100. The van der Waals surface area contributed by atoms with Gasteiger partial charge in [-0.15, -0.1) is 0 Å². The van der Waals surface area contributed by atoms with Crippen LogP contribution in [0.3, 0.4) is 0 Å². The molecule has 0 saturated heterocycles. The number of carbonyl (C=O) groups excluding carboxylic acids is 1. The van der Waals surface area contributed by atoms with Crippen molar-refractivity contribution in [1.82, 2.24) is 5.32 Å². The van der Waals surface area contributed by atoms with E-state index in [4.69, 9.17) is 10.5 Å². The lowest BCUT2D eigenvalue weighted by Crippen LogP contribution is -2.39. The first-order valence-corrected chi connectivity index (χ1v) is 9.79. The van der Waals surface area contributed by atoms with E-state index in [1.165, 1.54) is 25.7 Å². The van der Waals surface area contributed by atoms with Crippen molar-refractivity contribution in [2.45, 2.75) is 45.6 Å². The van der Waals surface area contributed by atoms with E-state index < -0.39 is 5.91 Å². The van der Waals surface area contributed by atoms with Crippen LogP contribution in [0.4, 0.5) is 0 Å². The molecule has 1 atom stereocenters. The summed E-state index contributed by atoms with van der Waals surface area (Å²) in [5, 5.41) is 3.64. The molecule has 0 heterocycles. The number of nitrogens with one attached hydrogen (secondary N) is 1. The van der Waals surface area contributed by atoms with Gasteiger partial charge < -0.3 is 15.8 Å². The maximum absolute atomic E-state index is 11.2. The molecule has 1 unspecified atom stereocenters. The molecule has 3 N–H and O–H groups in total. The smallest absolute Gasteiger partial charge is 0.248 e. The monoisotopic (exact) mass is 366 g/mol. The van der Waals surface area contributed by atoms with E-state index in [1.54, 1.807) is 12.1 Å². The van der Waals surface area contributed by atoms with E-state index in [-0.39, 0.29) is 0 Å². The predicted octanol–water partition coefficient (Wildman–Crippen LogP) is 4.39. The van der Waals surface area contributed by atoms with Crippen LogP contribution in [-0.2, 0) is 0 Å². The number of primary amides is 1. The van der Waals surface area contributed by atoms with Crippen molar-refractivity contribution < 1.29 is 9.53 Å². The Hall–Kier alpha value is -2.33. The van der Waals surface area contributed by atoms with E-state index in [2.05, 4.69) is 19.2 Å². The van der Waals surface area contributed by atoms with Crippen molar-refractivity contribution in [3.8, 4) is 16.9 Å². The van der Waals surface area contributed by atoms with Gasteiger partial charge in [-0.2, -0.15) is 0 Å². The van der Waals surface area contributed by atoms with Gasteiger partial charge in [0.2, 0.25) is 5.91 Å². The number of hydrogen-bond acceptors (Lipinski definition) is 3. The van der Waals surface area contributed by atoms with E-state index in [9.17, 15) is 4.79 Å². The molecule has 2 aromatic carbocycles. The third kappa shape index (κ3) is 5.57. The quantitative estimate of drug-likeness (QED) is 0.714. The predicted molar refractivity (Wildman–Crippen MR) is 110 cm³/mol. The van der Waals surface area contributed by atoms with E-state index in [0.717, 1.165) is 23.4 Å². The Morgan fingerprint density at radius 3 is 2.67 bits per heavy atom. The summed E-state index contributed by atoms with van der Waals surface area (Å²) >= 11 is 0. The van der Waals surface area contributed by atoms with Gasteiger partial charge >= 0.3 is 0 Å². The summed E-state index contributed by atoms with van der Waals surface area (Å²) in [7, 11) is 0. The molecular weight excluding hydrogens is 336 g/mol. The van der Waals surface area contributed by atoms with Gasteiger partial charge in [0.25, 0.3) is 0 Å². The van der Waals surface area contributed by atoms with E-state index in [1.807, 2.05) is 36.4 Å². The SMILES string of the molecule is CC1(C)CCCC(NCCOc2cccc(-c3ccc(C(N)=O)cc3)c2)C1. The fraction of sp³-hybridized carbons (Fsp3) is 0.435. The second kappa shape index (κ2) is 8.57. The molecule has 0 aliphatic heterocycles. The normalized spacial score (nSPS) is 18.8. The van der Waals surface area contributed by atoms with Crippen molar-refractivity contribution in [2.75, 3.05) is 13.2 Å². The summed E-state index contributed by atoms with van der Waals surface area (Å²) in [6.07, 6.45) is 5.14. The lowest BCUT2D eigenvalue weighted by Gasteiger charge is -2.35. The molecule has 0 aromatic heterocycles. The summed E-state index contributed by atoms with van der Waals surface area (Å²) in [6, 6.07) is 16.0. The third-order valence-corrected chi connectivity index (χ3v) is 5.35. The number of carbonyl (C=O) groups is 1. The molecule has 1 aliphatic carbocycles. The lowest BCUT2D eigenvalue weighted by atomic mass is 9.75. The molecule has 3 rings (SSSR count). The summed E-state index contributed by atoms with van der Waals surface area (Å²) in [4.78, 5) is 11.2. The maximum atomic E-state index is 11.2. The fourth-order valence-corrected chi connectivity index (χ4v) is 3.90. The molecule has 1 amide bonds. The zero-order valence-electron chi connectivity index (χ0n) is 16.3. The van der Waals surface area contributed by atoms with Gasteiger partial charge in [-0.25, -0.2) is 0 Å². The van der Waals surface area contributed by atoms with Crippen LogP contribution in [0, 0.1) is 5.41 Å². The van der Waals surface area contributed by atoms with Crippen LogP contribution in [0.5, 0.6) is 5.75 Å². The molecule has 27 heavy (non-hydrogen) atoms. The number of amides is 1. The Bertz CT molecular complexity index is 768. The van der Waals surface area contributed by atoms with Crippen LogP contribution in [0.1, 0.15) is 49.9 Å². The van der Waals surface area contributed by atoms with Crippen molar-refractivity contribution in [1.29, 1.82) is 0 Å². The highest BCUT2D eigenvalue weighted by molar-refractivity contribution is 5.93.